The van der Waals surface area contributed by atoms with Crippen LogP contribution in [0.25, 0.3) is 22.2 Å². The van der Waals surface area contributed by atoms with Crippen molar-refractivity contribution < 1.29 is 9.18 Å². The number of imidazole rings is 1. The number of benzene rings is 3. The molecule has 4 nitrogen and oxygen atoms in total. The number of aryl methyl sites for hydroxylation is 3. The smallest absolute Gasteiger partial charge is 0.255 e. The molecule has 0 bridgehead atoms. The Morgan fingerprint density at radius 1 is 1.06 bits per heavy atom. The fourth-order valence-electron chi connectivity index (χ4n) is 4.95. The first kappa shape index (κ1) is 21.4. The number of halogens is 1. The maximum Gasteiger partial charge on any atom is 0.255 e. The van der Waals surface area contributed by atoms with Gasteiger partial charge in [0.1, 0.15) is 11.6 Å². The van der Waals surface area contributed by atoms with E-state index >= 15 is 0 Å². The van der Waals surface area contributed by atoms with Crippen molar-refractivity contribution in [3.8, 4) is 11.1 Å². The van der Waals surface area contributed by atoms with Gasteiger partial charge < -0.3 is 9.88 Å². The number of aromatic nitrogens is 2. The van der Waals surface area contributed by atoms with Crippen molar-refractivity contribution in [3.63, 3.8) is 0 Å². The van der Waals surface area contributed by atoms with Gasteiger partial charge in [0.25, 0.3) is 5.91 Å². The maximum atomic E-state index is 14.0. The SMILES string of the molecule is Cc1ccc(-c2cccc(F)c2)c(C(=O)N2CCC[C@@]2(C)c2nc3cc(C)c(C)cc3[nH]2)c1. The van der Waals surface area contributed by atoms with Gasteiger partial charge in [0.15, 0.2) is 0 Å². The fourth-order valence-corrected chi connectivity index (χ4v) is 4.95. The Bertz CT molecular complexity index is 1350. The fraction of sp³-hybridized carbons (Fsp3) is 0.286. The first-order valence-corrected chi connectivity index (χ1v) is 11.4. The molecular formula is C28H28FN3O. The molecule has 1 aromatic heterocycles. The van der Waals surface area contributed by atoms with E-state index in [2.05, 4.69) is 37.9 Å². The van der Waals surface area contributed by atoms with Gasteiger partial charge in [-0.25, -0.2) is 9.37 Å². The van der Waals surface area contributed by atoms with Gasteiger partial charge >= 0.3 is 0 Å². The topological polar surface area (TPSA) is 49.0 Å². The Hall–Kier alpha value is -3.47. The van der Waals surface area contributed by atoms with Crippen LogP contribution >= 0.6 is 0 Å². The molecule has 4 aromatic rings. The van der Waals surface area contributed by atoms with Crippen LogP contribution in [0.15, 0.2) is 54.6 Å². The number of hydrogen-bond donors (Lipinski definition) is 1. The first-order valence-electron chi connectivity index (χ1n) is 11.4. The Balaban J connectivity index is 1.58. The molecule has 2 heterocycles. The van der Waals surface area contributed by atoms with Gasteiger partial charge in [-0.3, -0.25) is 4.79 Å². The molecule has 1 N–H and O–H groups in total. The number of carbonyl (C=O) groups excluding carboxylic acids is 1. The summed E-state index contributed by atoms with van der Waals surface area (Å²) in [5.74, 6) is 0.449. The molecule has 1 saturated heterocycles. The lowest BCUT2D eigenvalue weighted by atomic mass is 9.94. The van der Waals surface area contributed by atoms with Crippen molar-refractivity contribution in [2.75, 3.05) is 6.54 Å². The summed E-state index contributed by atoms with van der Waals surface area (Å²) in [6.45, 7) is 8.89. The number of rotatable bonds is 3. The first-order chi connectivity index (χ1) is 15.8. The van der Waals surface area contributed by atoms with E-state index in [1.54, 1.807) is 6.07 Å². The van der Waals surface area contributed by atoms with Crippen LogP contribution < -0.4 is 0 Å². The van der Waals surface area contributed by atoms with Crippen LogP contribution in [-0.4, -0.2) is 27.3 Å². The molecule has 5 heteroatoms. The predicted octanol–water partition coefficient (Wildman–Crippen LogP) is 6.45. The number of carbonyl (C=O) groups is 1. The number of H-pyrrole nitrogens is 1. The van der Waals surface area contributed by atoms with Crippen LogP contribution in [-0.2, 0) is 5.54 Å². The summed E-state index contributed by atoms with van der Waals surface area (Å²) in [6, 6.07) is 16.4. The van der Waals surface area contributed by atoms with Gasteiger partial charge in [-0.2, -0.15) is 0 Å². The number of amides is 1. The summed E-state index contributed by atoms with van der Waals surface area (Å²) in [5, 5.41) is 0. The largest absolute Gasteiger partial charge is 0.340 e. The van der Waals surface area contributed by atoms with E-state index < -0.39 is 5.54 Å². The van der Waals surface area contributed by atoms with Crippen LogP contribution in [0.1, 0.15) is 52.6 Å². The second kappa shape index (κ2) is 7.84. The summed E-state index contributed by atoms with van der Waals surface area (Å²) >= 11 is 0. The number of fused-ring (bicyclic) bond motifs is 1. The number of likely N-dealkylation sites (tertiary alicyclic amines) is 1. The van der Waals surface area contributed by atoms with E-state index in [0.717, 1.165) is 40.8 Å². The molecule has 33 heavy (non-hydrogen) atoms. The molecule has 0 unspecified atom stereocenters. The summed E-state index contributed by atoms with van der Waals surface area (Å²) in [4.78, 5) is 24.3. The molecule has 1 amide bonds. The predicted molar refractivity (Wildman–Crippen MR) is 130 cm³/mol. The zero-order chi connectivity index (χ0) is 23.3. The Labute approximate surface area is 193 Å². The lowest BCUT2D eigenvalue weighted by Crippen LogP contribution is -2.43. The Morgan fingerprint density at radius 3 is 2.64 bits per heavy atom. The average molecular weight is 442 g/mol. The van der Waals surface area contributed by atoms with E-state index in [0.29, 0.717) is 17.7 Å². The maximum absolute atomic E-state index is 14.0. The van der Waals surface area contributed by atoms with Crippen LogP contribution in [0.2, 0.25) is 0 Å². The zero-order valence-electron chi connectivity index (χ0n) is 19.5. The highest BCUT2D eigenvalue weighted by molar-refractivity contribution is 6.01. The lowest BCUT2D eigenvalue weighted by Gasteiger charge is -2.34. The Kier molecular flexibility index (Phi) is 5.08. The quantitative estimate of drug-likeness (QED) is 0.397. The monoisotopic (exact) mass is 441 g/mol. The van der Waals surface area contributed by atoms with E-state index in [4.69, 9.17) is 4.98 Å². The second-order valence-electron chi connectivity index (χ2n) is 9.43. The van der Waals surface area contributed by atoms with Gasteiger partial charge in [-0.1, -0.05) is 29.8 Å². The standard InChI is InChI=1S/C28H28FN3O/c1-17-9-10-22(20-7-5-8-21(29)16-20)23(13-17)26(33)32-12-6-11-28(32,4)27-30-24-14-18(2)19(3)15-25(24)31-27/h5,7-10,13-16H,6,11-12H2,1-4H3,(H,30,31)/t28-/m0/s1. The van der Waals surface area contributed by atoms with E-state index in [9.17, 15) is 9.18 Å². The van der Waals surface area contributed by atoms with Crippen LogP contribution in [0, 0.1) is 26.6 Å². The molecule has 1 atom stereocenters. The number of aromatic amines is 1. The summed E-state index contributed by atoms with van der Waals surface area (Å²) < 4.78 is 14.0. The molecule has 1 aliphatic rings. The van der Waals surface area contributed by atoms with Crippen LogP contribution in [0.5, 0.6) is 0 Å². The highest BCUT2D eigenvalue weighted by Crippen LogP contribution is 2.40. The molecule has 3 aromatic carbocycles. The minimum atomic E-state index is -0.541. The van der Waals surface area contributed by atoms with Crippen molar-refractivity contribution in [1.29, 1.82) is 0 Å². The normalized spacial score (nSPS) is 18.3. The minimum Gasteiger partial charge on any atom is -0.340 e. The van der Waals surface area contributed by atoms with E-state index in [1.807, 2.05) is 36.1 Å². The summed E-state index contributed by atoms with van der Waals surface area (Å²) in [7, 11) is 0. The van der Waals surface area contributed by atoms with E-state index in [1.165, 1.54) is 23.3 Å². The average Bonchev–Trinajstić information content (AvgIpc) is 3.38. The minimum absolute atomic E-state index is 0.0502. The molecule has 0 aliphatic carbocycles. The Morgan fingerprint density at radius 2 is 1.85 bits per heavy atom. The van der Waals surface area contributed by atoms with E-state index in [-0.39, 0.29) is 11.7 Å². The van der Waals surface area contributed by atoms with Gasteiger partial charge in [-0.05, 0) is 93.1 Å². The molecule has 168 valence electrons. The van der Waals surface area contributed by atoms with Crippen molar-refractivity contribution in [2.24, 2.45) is 0 Å². The number of nitrogens with one attached hydrogen (secondary N) is 1. The second-order valence-corrected chi connectivity index (χ2v) is 9.43. The third-order valence-corrected chi connectivity index (χ3v) is 7.03. The van der Waals surface area contributed by atoms with Gasteiger partial charge in [0.2, 0.25) is 0 Å². The molecule has 0 spiro atoms. The van der Waals surface area contributed by atoms with Gasteiger partial charge in [0.05, 0.1) is 16.6 Å². The molecule has 1 fully saturated rings. The lowest BCUT2D eigenvalue weighted by molar-refractivity contribution is 0.0606. The number of nitrogens with zero attached hydrogens (tertiary/aromatic N) is 2. The molecule has 5 rings (SSSR count). The van der Waals surface area contributed by atoms with Gasteiger partial charge in [0, 0.05) is 12.1 Å². The molecular weight excluding hydrogens is 413 g/mol. The summed E-state index contributed by atoms with van der Waals surface area (Å²) in [6.07, 6.45) is 1.73. The third kappa shape index (κ3) is 3.62. The van der Waals surface area contributed by atoms with Crippen LogP contribution in [0.3, 0.4) is 0 Å². The van der Waals surface area contributed by atoms with Crippen molar-refractivity contribution >= 4 is 16.9 Å². The van der Waals surface area contributed by atoms with Crippen molar-refractivity contribution in [3.05, 3.63) is 88.5 Å². The van der Waals surface area contributed by atoms with Crippen molar-refractivity contribution in [2.45, 2.75) is 46.1 Å². The molecule has 1 aliphatic heterocycles. The molecule has 0 radical (unpaired) electrons. The van der Waals surface area contributed by atoms with Gasteiger partial charge in [-0.15, -0.1) is 0 Å². The van der Waals surface area contributed by atoms with Crippen molar-refractivity contribution in [1.82, 2.24) is 14.9 Å². The highest BCUT2D eigenvalue weighted by Gasteiger charge is 2.44. The van der Waals surface area contributed by atoms with Crippen LogP contribution in [0.4, 0.5) is 4.39 Å². The molecule has 0 saturated carbocycles. The zero-order valence-corrected chi connectivity index (χ0v) is 19.5. The highest BCUT2D eigenvalue weighted by atomic mass is 19.1. The summed E-state index contributed by atoms with van der Waals surface area (Å²) in [5.41, 5.74) is 6.82. The third-order valence-electron chi connectivity index (χ3n) is 7.03. The number of hydrogen-bond acceptors (Lipinski definition) is 2.